The normalized spacial score (nSPS) is 13.1. The number of rotatable bonds is 9. The van der Waals surface area contributed by atoms with E-state index in [0.29, 0.717) is 5.69 Å². The number of benzene rings is 1. The Morgan fingerprint density at radius 2 is 1.57 bits per heavy atom. The Kier molecular flexibility index (Phi) is 6.49. The molecule has 132 valence electrons. The quantitative estimate of drug-likeness (QED) is 0.346. The van der Waals surface area contributed by atoms with Crippen molar-refractivity contribution in [2.45, 2.75) is 4.90 Å². The molecule has 1 aromatic carbocycles. The van der Waals surface area contributed by atoms with Crippen molar-refractivity contribution in [3.63, 3.8) is 0 Å². The molecule has 1 aromatic rings. The second kappa shape index (κ2) is 7.55. The van der Waals surface area contributed by atoms with Crippen LogP contribution in [0.4, 0.5) is 5.69 Å². The maximum atomic E-state index is 11.9. The first-order valence-electron chi connectivity index (χ1n) is 6.09. The van der Waals surface area contributed by atoms with Gasteiger partial charge in [0.1, 0.15) is 0 Å². The van der Waals surface area contributed by atoms with Crippen molar-refractivity contribution in [1.82, 2.24) is 4.72 Å². The van der Waals surface area contributed by atoms with Crippen LogP contribution in [0.15, 0.2) is 29.2 Å². The summed E-state index contributed by atoms with van der Waals surface area (Å²) in [5, 5.41) is 0. The summed E-state index contributed by atoms with van der Waals surface area (Å²) in [5.74, 6) is -1.24. The summed E-state index contributed by atoms with van der Waals surface area (Å²) >= 11 is 0. The van der Waals surface area contributed by atoms with Gasteiger partial charge in [0, 0.05) is 12.2 Å². The summed E-state index contributed by atoms with van der Waals surface area (Å²) in [5.41, 5.74) is 5.82. The molecule has 0 heterocycles. The molecule has 10 nitrogen and oxygen atoms in total. The van der Waals surface area contributed by atoms with E-state index in [4.69, 9.17) is 10.3 Å². The van der Waals surface area contributed by atoms with Crippen LogP contribution in [0.2, 0.25) is 0 Å². The average Bonchev–Trinajstić information content (AvgIpc) is 2.36. The third-order valence-corrected chi connectivity index (χ3v) is 6.08. The largest absolute Gasteiger partial charge is 0.399 e. The van der Waals surface area contributed by atoms with E-state index >= 15 is 0 Å². The van der Waals surface area contributed by atoms with E-state index in [9.17, 15) is 25.3 Å². The number of nitrogens with one attached hydrogen (secondary N) is 1. The van der Waals surface area contributed by atoms with Crippen LogP contribution in [0.25, 0.3) is 0 Å². The molecule has 0 aliphatic carbocycles. The number of hydrogen-bond donors (Lipinski definition) is 3. The second-order valence-electron chi connectivity index (χ2n) is 4.37. The minimum atomic E-state index is -4.72. The van der Waals surface area contributed by atoms with Gasteiger partial charge in [-0.2, -0.15) is 8.42 Å². The van der Waals surface area contributed by atoms with E-state index in [2.05, 4.69) is 8.91 Å². The third-order valence-electron chi connectivity index (χ3n) is 2.52. The van der Waals surface area contributed by atoms with Crippen LogP contribution < -0.4 is 10.5 Å². The fourth-order valence-corrected chi connectivity index (χ4v) is 3.95. The summed E-state index contributed by atoms with van der Waals surface area (Å²) in [4.78, 5) is -0.0706. The van der Waals surface area contributed by atoms with Gasteiger partial charge in [0.2, 0.25) is 10.0 Å². The fourth-order valence-electron chi connectivity index (χ4n) is 1.43. The van der Waals surface area contributed by atoms with E-state index in [-0.39, 0.29) is 4.90 Å². The van der Waals surface area contributed by atoms with Gasteiger partial charge in [-0.25, -0.2) is 25.7 Å². The summed E-state index contributed by atoms with van der Waals surface area (Å²) in [7, 11) is -12.4. The van der Waals surface area contributed by atoms with Crippen LogP contribution in [-0.2, 0) is 34.4 Å². The first-order valence-corrected chi connectivity index (χ1v) is 10.8. The second-order valence-corrected chi connectivity index (χ2v) is 9.53. The molecule has 0 atom stereocenters. The maximum absolute atomic E-state index is 11.9. The zero-order chi connectivity index (χ0) is 17.7. The Morgan fingerprint density at radius 1 is 1.00 bits per heavy atom. The fraction of sp³-hybridized carbons (Fsp3) is 0.400. The van der Waals surface area contributed by atoms with Crippen molar-refractivity contribution in [1.29, 1.82) is 0 Å². The standard InChI is InChI=1S/C10H16N2O8S3/c11-9-1-3-10(4-2-9)22(15,16)12-5-7-21(13,14)8-6-20-23(17,18)19/h1-4,12H,5-8,11H2,(H,17,18,19). The van der Waals surface area contributed by atoms with Crippen LogP contribution >= 0.6 is 0 Å². The molecule has 0 radical (unpaired) electrons. The number of hydrogen-bond acceptors (Lipinski definition) is 8. The van der Waals surface area contributed by atoms with E-state index < -0.39 is 54.9 Å². The van der Waals surface area contributed by atoms with Gasteiger partial charge in [-0.15, -0.1) is 0 Å². The van der Waals surface area contributed by atoms with Crippen molar-refractivity contribution >= 4 is 35.9 Å². The number of nitrogen functional groups attached to an aromatic ring is 1. The SMILES string of the molecule is Nc1ccc(S(=O)(=O)NCCS(=O)(=O)CCOS(=O)(=O)O)cc1. The highest BCUT2D eigenvalue weighted by atomic mass is 32.3. The lowest BCUT2D eigenvalue weighted by atomic mass is 10.3. The number of sulfone groups is 1. The summed E-state index contributed by atoms with van der Waals surface area (Å²) in [6.07, 6.45) is 0. The molecule has 0 saturated carbocycles. The molecule has 0 amide bonds. The molecule has 0 aliphatic heterocycles. The molecule has 0 spiro atoms. The Bertz CT molecular complexity index is 829. The van der Waals surface area contributed by atoms with E-state index in [1.807, 2.05) is 0 Å². The van der Waals surface area contributed by atoms with E-state index in [1.165, 1.54) is 24.3 Å². The van der Waals surface area contributed by atoms with Crippen molar-refractivity contribution in [3.8, 4) is 0 Å². The first kappa shape index (κ1) is 19.8. The Morgan fingerprint density at radius 3 is 2.09 bits per heavy atom. The van der Waals surface area contributed by atoms with Gasteiger partial charge in [-0.05, 0) is 24.3 Å². The third kappa shape index (κ3) is 7.71. The van der Waals surface area contributed by atoms with Crippen LogP contribution in [0.1, 0.15) is 0 Å². The van der Waals surface area contributed by atoms with Crippen LogP contribution in [0.5, 0.6) is 0 Å². The topological polar surface area (TPSA) is 170 Å². The highest BCUT2D eigenvalue weighted by Crippen LogP contribution is 2.11. The highest BCUT2D eigenvalue weighted by Gasteiger charge is 2.17. The number of sulfonamides is 1. The predicted molar refractivity (Wildman–Crippen MR) is 82.2 cm³/mol. The van der Waals surface area contributed by atoms with Gasteiger partial charge >= 0.3 is 10.4 Å². The van der Waals surface area contributed by atoms with Gasteiger partial charge in [-0.1, -0.05) is 0 Å². The average molecular weight is 388 g/mol. The minimum Gasteiger partial charge on any atom is -0.399 e. The Labute approximate surface area is 134 Å². The summed E-state index contributed by atoms with van der Waals surface area (Å²) in [6.45, 7) is -1.16. The Balaban J connectivity index is 2.53. The number of anilines is 1. The molecule has 0 aliphatic rings. The smallest absolute Gasteiger partial charge is 0.397 e. The van der Waals surface area contributed by atoms with Crippen LogP contribution in [-0.4, -0.2) is 54.5 Å². The first-order chi connectivity index (χ1) is 10.4. The molecule has 0 saturated heterocycles. The molecular formula is C10H16N2O8S3. The van der Waals surface area contributed by atoms with Gasteiger partial charge in [-0.3, -0.25) is 4.55 Å². The van der Waals surface area contributed by atoms with Crippen molar-refractivity contribution in [3.05, 3.63) is 24.3 Å². The molecular weight excluding hydrogens is 372 g/mol. The monoisotopic (exact) mass is 388 g/mol. The molecule has 0 aromatic heterocycles. The summed E-state index contributed by atoms with van der Waals surface area (Å²) < 4.78 is 81.8. The maximum Gasteiger partial charge on any atom is 0.397 e. The molecule has 23 heavy (non-hydrogen) atoms. The predicted octanol–water partition coefficient (Wildman–Crippen LogP) is -1.22. The zero-order valence-electron chi connectivity index (χ0n) is 11.7. The molecule has 13 heteroatoms. The van der Waals surface area contributed by atoms with E-state index in [0.717, 1.165) is 0 Å². The Hall–Kier alpha value is -1.25. The molecule has 0 unspecified atom stereocenters. The molecule has 4 N–H and O–H groups in total. The highest BCUT2D eigenvalue weighted by molar-refractivity contribution is 7.91. The lowest BCUT2D eigenvalue weighted by molar-refractivity contribution is 0.284. The lowest BCUT2D eigenvalue weighted by Crippen LogP contribution is -2.30. The molecule has 0 fully saturated rings. The van der Waals surface area contributed by atoms with Crippen LogP contribution in [0, 0.1) is 0 Å². The zero-order valence-corrected chi connectivity index (χ0v) is 14.2. The molecule has 0 bridgehead atoms. The van der Waals surface area contributed by atoms with Gasteiger partial charge in [0.15, 0.2) is 9.84 Å². The van der Waals surface area contributed by atoms with Gasteiger partial charge in [0.25, 0.3) is 0 Å². The summed E-state index contributed by atoms with van der Waals surface area (Å²) in [6, 6.07) is 5.31. The van der Waals surface area contributed by atoms with Gasteiger partial charge in [0.05, 0.1) is 23.0 Å². The van der Waals surface area contributed by atoms with Crippen LogP contribution in [0.3, 0.4) is 0 Å². The van der Waals surface area contributed by atoms with Crippen molar-refractivity contribution < 1.29 is 34.0 Å². The van der Waals surface area contributed by atoms with Crippen molar-refractivity contribution in [2.75, 3.05) is 30.4 Å². The lowest BCUT2D eigenvalue weighted by Gasteiger charge is -2.07. The number of nitrogens with two attached hydrogens (primary N) is 1. The molecule has 1 rings (SSSR count). The van der Waals surface area contributed by atoms with Crippen molar-refractivity contribution in [2.24, 2.45) is 0 Å². The minimum absolute atomic E-state index is 0.0706. The van der Waals surface area contributed by atoms with E-state index in [1.54, 1.807) is 0 Å². The van der Waals surface area contributed by atoms with Gasteiger partial charge < -0.3 is 5.73 Å².